The number of aryl methyl sites for hydroxylation is 2. The highest BCUT2D eigenvalue weighted by molar-refractivity contribution is 5.83. The van der Waals surface area contributed by atoms with Crippen molar-refractivity contribution in [3.63, 3.8) is 0 Å². The van der Waals surface area contributed by atoms with Gasteiger partial charge in [0.15, 0.2) is 0 Å². The van der Waals surface area contributed by atoms with Gasteiger partial charge in [-0.25, -0.2) is 0 Å². The van der Waals surface area contributed by atoms with Crippen molar-refractivity contribution in [3.05, 3.63) is 45.2 Å². The second-order valence-electron chi connectivity index (χ2n) is 5.25. The molecule has 1 aliphatic rings. The van der Waals surface area contributed by atoms with Crippen molar-refractivity contribution < 1.29 is 0 Å². The lowest BCUT2D eigenvalue weighted by Crippen LogP contribution is -2.22. The first kappa shape index (κ1) is 11.5. The van der Waals surface area contributed by atoms with Crippen LogP contribution < -0.4 is 10.9 Å². The smallest absolute Gasteiger partial charge is 0.253 e. The highest BCUT2D eigenvalue weighted by Gasteiger charge is 2.19. The second-order valence-corrected chi connectivity index (χ2v) is 5.25. The molecular weight excluding hydrogens is 224 g/mol. The van der Waals surface area contributed by atoms with Crippen LogP contribution in [-0.4, -0.2) is 11.5 Å². The van der Waals surface area contributed by atoms with Gasteiger partial charge in [0, 0.05) is 11.6 Å². The maximum Gasteiger partial charge on any atom is 0.253 e. The zero-order valence-electron chi connectivity index (χ0n) is 10.8. The van der Waals surface area contributed by atoms with Crippen LogP contribution in [0.1, 0.15) is 35.6 Å². The van der Waals surface area contributed by atoms with Crippen molar-refractivity contribution in [2.75, 3.05) is 6.54 Å². The lowest BCUT2D eigenvalue weighted by atomic mass is 10.0. The Bertz CT molecular complexity index is 651. The van der Waals surface area contributed by atoms with Crippen molar-refractivity contribution in [3.8, 4) is 0 Å². The molecule has 94 valence electrons. The monoisotopic (exact) mass is 242 g/mol. The van der Waals surface area contributed by atoms with Crippen LogP contribution in [0.25, 0.3) is 10.9 Å². The molecule has 3 nitrogen and oxygen atoms in total. The predicted octanol–water partition coefficient (Wildman–Crippen LogP) is 2.57. The molecule has 3 rings (SSSR count). The molecule has 2 heterocycles. The Balaban J connectivity index is 2.22. The van der Waals surface area contributed by atoms with Gasteiger partial charge >= 0.3 is 0 Å². The van der Waals surface area contributed by atoms with Gasteiger partial charge in [-0.3, -0.25) is 4.79 Å². The van der Waals surface area contributed by atoms with Crippen LogP contribution in [0.4, 0.5) is 0 Å². The number of rotatable bonds is 1. The predicted molar refractivity (Wildman–Crippen MR) is 74.0 cm³/mol. The Morgan fingerprint density at radius 3 is 2.78 bits per heavy atom. The Morgan fingerprint density at radius 1 is 1.22 bits per heavy atom. The Hall–Kier alpha value is -1.61. The van der Waals surface area contributed by atoms with Crippen LogP contribution in [0.3, 0.4) is 0 Å². The molecule has 0 bridgehead atoms. The summed E-state index contributed by atoms with van der Waals surface area (Å²) in [4.78, 5) is 15.2. The Labute approximate surface area is 106 Å². The van der Waals surface area contributed by atoms with Crippen LogP contribution in [0.15, 0.2) is 23.0 Å². The molecule has 0 aliphatic carbocycles. The number of aromatic nitrogens is 1. The molecular formula is C15H18N2O. The third kappa shape index (κ3) is 1.85. The van der Waals surface area contributed by atoms with E-state index in [1.54, 1.807) is 0 Å². The third-order valence-electron chi connectivity index (χ3n) is 3.76. The van der Waals surface area contributed by atoms with Crippen LogP contribution in [-0.2, 0) is 0 Å². The average Bonchev–Trinajstić information content (AvgIpc) is 2.83. The summed E-state index contributed by atoms with van der Waals surface area (Å²) in [5, 5.41) is 4.52. The number of pyridine rings is 1. The van der Waals surface area contributed by atoms with E-state index < -0.39 is 0 Å². The fourth-order valence-electron chi connectivity index (χ4n) is 2.91. The molecule has 3 heteroatoms. The molecule has 2 aromatic rings. The molecule has 0 spiro atoms. The molecule has 2 N–H and O–H groups in total. The molecule has 0 radical (unpaired) electrons. The molecule has 1 fully saturated rings. The van der Waals surface area contributed by atoms with Gasteiger partial charge in [-0.1, -0.05) is 11.6 Å². The van der Waals surface area contributed by atoms with Crippen molar-refractivity contribution >= 4 is 10.9 Å². The molecule has 1 unspecified atom stereocenters. The molecule has 1 atom stereocenters. The van der Waals surface area contributed by atoms with E-state index in [2.05, 4.69) is 35.4 Å². The van der Waals surface area contributed by atoms with E-state index in [0.717, 1.165) is 41.4 Å². The highest BCUT2D eigenvalue weighted by atomic mass is 16.1. The second kappa shape index (κ2) is 4.25. The summed E-state index contributed by atoms with van der Waals surface area (Å²) >= 11 is 0. The SMILES string of the molecule is Cc1cc(C)c2[nH]c(=O)c(C3CCCN3)cc2c1. The van der Waals surface area contributed by atoms with Gasteiger partial charge in [-0.2, -0.15) is 0 Å². The third-order valence-corrected chi connectivity index (χ3v) is 3.76. The maximum atomic E-state index is 12.2. The summed E-state index contributed by atoms with van der Waals surface area (Å²) in [6, 6.07) is 6.51. The molecule has 1 saturated heterocycles. The number of benzene rings is 1. The van der Waals surface area contributed by atoms with Gasteiger partial charge in [0.25, 0.3) is 5.56 Å². The number of fused-ring (bicyclic) bond motifs is 1. The minimum absolute atomic E-state index is 0.0499. The van der Waals surface area contributed by atoms with Gasteiger partial charge in [-0.05, 0) is 56.3 Å². The lowest BCUT2D eigenvalue weighted by Gasteiger charge is -2.12. The Kier molecular flexibility index (Phi) is 2.71. The molecule has 1 aliphatic heterocycles. The first-order valence-electron chi connectivity index (χ1n) is 6.53. The number of hydrogen-bond acceptors (Lipinski definition) is 2. The van der Waals surface area contributed by atoms with Crippen molar-refractivity contribution in [1.82, 2.24) is 10.3 Å². The van der Waals surface area contributed by atoms with Crippen LogP contribution >= 0.6 is 0 Å². The first-order valence-corrected chi connectivity index (χ1v) is 6.53. The van der Waals surface area contributed by atoms with E-state index in [0.29, 0.717) is 0 Å². The molecule has 0 saturated carbocycles. The fourth-order valence-corrected chi connectivity index (χ4v) is 2.91. The molecule has 18 heavy (non-hydrogen) atoms. The van der Waals surface area contributed by atoms with Gasteiger partial charge in [-0.15, -0.1) is 0 Å². The standard InChI is InChI=1S/C15H18N2O/c1-9-6-10(2)14-11(7-9)8-12(15(18)17-14)13-4-3-5-16-13/h6-8,13,16H,3-5H2,1-2H3,(H,17,18). The van der Waals surface area contributed by atoms with E-state index in [9.17, 15) is 4.79 Å². The number of aromatic amines is 1. The van der Waals surface area contributed by atoms with Gasteiger partial charge in [0.2, 0.25) is 0 Å². The highest BCUT2D eigenvalue weighted by Crippen LogP contribution is 2.24. The quantitative estimate of drug-likeness (QED) is 0.807. The molecule has 0 amide bonds. The van der Waals surface area contributed by atoms with Crippen molar-refractivity contribution in [2.24, 2.45) is 0 Å². The largest absolute Gasteiger partial charge is 0.321 e. The van der Waals surface area contributed by atoms with E-state index in [1.807, 2.05) is 6.92 Å². The summed E-state index contributed by atoms with van der Waals surface area (Å²) in [5.74, 6) is 0. The van der Waals surface area contributed by atoms with E-state index in [1.165, 1.54) is 5.56 Å². The number of H-pyrrole nitrogens is 1. The molecule has 1 aromatic heterocycles. The van der Waals surface area contributed by atoms with E-state index >= 15 is 0 Å². The fraction of sp³-hybridized carbons (Fsp3) is 0.400. The van der Waals surface area contributed by atoms with E-state index in [4.69, 9.17) is 0 Å². The number of nitrogens with one attached hydrogen (secondary N) is 2. The minimum Gasteiger partial charge on any atom is -0.321 e. The van der Waals surface area contributed by atoms with Crippen molar-refractivity contribution in [2.45, 2.75) is 32.7 Å². The summed E-state index contributed by atoms with van der Waals surface area (Å²) in [6.45, 7) is 5.14. The van der Waals surface area contributed by atoms with Gasteiger partial charge < -0.3 is 10.3 Å². The van der Waals surface area contributed by atoms with E-state index in [-0.39, 0.29) is 11.6 Å². The topological polar surface area (TPSA) is 44.9 Å². The van der Waals surface area contributed by atoms with Gasteiger partial charge in [0.05, 0.1) is 5.52 Å². The maximum absolute atomic E-state index is 12.2. The molecule has 1 aromatic carbocycles. The summed E-state index contributed by atoms with van der Waals surface area (Å²) in [5.41, 5.74) is 4.26. The summed E-state index contributed by atoms with van der Waals surface area (Å²) in [6.07, 6.45) is 2.20. The van der Waals surface area contributed by atoms with Gasteiger partial charge in [0.1, 0.15) is 0 Å². The zero-order valence-corrected chi connectivity index (χ0v) is 10.8. The normalized spacial score (nSPS) is 19.6. The summed E-state index contributed by atoms with van der Waals surface area (Å²) < 4.78 is 0. The first-order chi connectivity index (χ1) is 8.65. The van der Waals surface area contributed by atoms with Crippen LogP contribution in [0, 0.1) is 13.8 Å². The van der Waals surface area contributed by atoms with Crippen LogP contribution in [0.2, 0.25) is 0 Å². The Morgan fingerprint density at radius 2 is 2.06 bits per heavy atom. The lowest BCUT2D eigenvalue weighted by molar-refractivity contribution is 0.641. The average molecular weight is 242 g/mol. The minimum atomic E-state index is 0.0499. The summed E-state index contributed by atoms with van der Waals surface area (Å²) in [7, 11) is 0. The zero-order chi connectivity index (χ0) is 12.7. The number of hydrogen-bond donors (Lipinski definition) is 2. The van der Waals surface area contributed by atoms with Crippen molar-refractivity contribution in [1.29, 1.82) is 0 Å². The van der Waals surface area contributed by atoms with Crippen LogP contribution in [0.5, 0.6) is 0 Å².